The number of hydrogen-bond donors (Lipinski definition) is 2. The van der Waals surface area contributed by atoms with Crippen LogP contribution >= 0.6 is 0 Å². The Bertz CT molecular complexity index is 727. The van der Waals surface area contributed by atoms with Crippen LogP contribution in [0.4, 0.5) is 4.79 Å². The van der Waals surface area contributed by atoms with Crippen molar-refractivity contribution in [3.8, 4) is 11.5 Å². The van der Waals surface area contributed by atoms with E-state index in [-0.39, 0.29) is 29.3 Å². The van der Waals surface area contributed by atoms with Crippen molar-refractivity contribution in [3.05, 3.63) is 23.8 Å². The number of benzene rings is 1. The van der Waals surface area contributed by atoms with E-state index < -0.39 is 0 Å². The Morgan fingerprint density at radius 1 is 1.17 bits per heavy atom. The fourth-order valence-corrected chi connectivity index (χ4v) is 3.52. The van der Waals surface area contributed by atoms with E-state index in [1.807, 2.05) is 39.0 Å². The number of urea groups is 1. The average Bonchev–Trinajstić information content (AvgIpc) is 3.09. The molecule has 0 aromatic heterocycles. The standard InChI is InChI=1S/C22H35N3O4/c1-14(2)11-23-20(26)18-13-25(21(27)24-22(3,4)5)12-17(18)16-10-15(28-6)8-9-19(16)29-7/h8-10,14,17-18H,11-13H2,1-7H3,(H,23,26)(H,24,27)/t17-,18+/m0/s1. The molecular weight excluding hydrogens is 370 g/mol. The molecule has 1 fully saturated rings. The largest absolute Gasteiger partial charge is 0.497 e. The second kappa shape index (κ2) is 9.37. The van der Waals surface area contributed by atoms with Crippen LogP contribution in [0.5, 0.6) is 11.5 Å². The predicted molar refractivity (Wildman–Crippen MR) is 113 cm³/mol. The van der Waals surface area contributed by atoms with Crippen molar-refractivity contribution in [1.82, 2.24) is 15.5 Å². The molecular formula is C22H35N3O4. The van der Waals surface area contributed by atoms with E-state index in [0.717, 1.165) is 5.56 Å². The molecule has 7 heteroatoms. The lowest BCUT2D eigenvalue weighted by Gasteiger charge is -2.25. The number of methoxy groups -OCH3 is 2. The van der Waals surface area contributed by atoms with Crippen LogP contribution in [-0.2, 0) is 4.79 Å². The van der Waals surface area contributed by atoms with Crippen LogP contribution in [0.3, 0.4) is 0 Å². The van der Waals surface area contributed by atoms with Gasteiger partial charge in [0.2, 0.25) is 5.91 Å². The normalized spacial score (nSPS) is 19.2. The second-order valence-electron chi connectivity index (χ2n) is 9.05. The topological polar surface area (TPSA) is 79.9 Å². The third kappa shape index (κ3) is 6.02. The van der Waals surface area contributed by atoms with E-state index in [1.54, 1.807) is 19.1 Å². The summed E-state index contributed by atoms with van der Waals surface area (Å²) in [6, 6.07) is 5.41. The first kappa shape index (κ1) is 22.8. The molecule has 1 saturated heterocycles. The highest BCUT2D eigenvalue weighted by Crippen LogP contribution is 2.39. The molecule has 2 N–H and O–H groups in total. The number of amides is 3. The Morgan fingerprint density at radius 2 is 1.86 bits per heavy atom. The molecule has 2 atom stereocenters. The highest BCUT2D eigenvalue weighted by Gasteiger charge is 2.42. The summed E-state index contributed by atoms with van der Waals surface area (Å²) < 4.78 is 10.9. The van der Waals surface area contributed by atoms with E-state index in [1.165, 1.54) is 0 Å². The molecule has 2 rings (SSSR count). The van der Waals surface area contributed by atoms with Crippen LogP contribution in [0.15, 0.2) is 18.2 Å². The molecule has 0 saturated carbocycles. The molecule has 0 bridgehead atoms. The van der Waals surface area contributed by atoms with Gasteiger partial charge in [-0.1, -0.05) is 13.8 Å². The minimum atomic E-state index is -0.361. The van der Waals surface area contributed by atoms with Crippen LogP contribution in [-0.4, -0.2) is 56.2 Å². The van der Waals surface area contributed by atoms with Gasteiger partial charge >= 0.3 is 6.03 Å². The molecule has 3 amide bonds. The van der Waals surface area contributed by atoms with Gasteiger partial charge in [0.05, 0.1) is 20.1 Å². The van der Waals surface area contributed by atoms with E-state index in [2.05, 4.69) is 24.5 Å². The third-order valence-corrected chi connectivity index (χ3v) is 4.95. The quantitative estimate of drug-likeness (QED) is 0.763. The summed E-state index contributed by atoms with van der Waals surface area (Å²) in [5.41, 5.74) is 0.528. The van der Waals surface area contributed by atoms with E-state index in [0.29, 0.717) is 37.1 Å². The maximum atomic E-state index is 13.0. The van der Waals surface area contributed by atoms with Crippen molar-refractivity contribution in [3.63, 3.8) is 0 Å². The molecule has 1 aliphatic rings. The summed E-state index contributed by atoms with van der Waals surface area (Å²) in [6.45, 7) is 11.3. The van der Waals surface area contributed by atoms with Crippen molar-refractivity contribution >= 4 is 11.9 Å². The van der Waals surface area contributed by atoms with Crippen LogP contribution in [0.2, 0.25) is 0 Å². The first-order valence-corrected chi connectivity index (χ1v) is 10.1. The van der Waals surface area contributed by atoms with Crippen molar-refractivity contribution < 1.29 is 19.1 Å². The molecule has 7 nitrogen and oxygen atoms in total. The molecule has 1 aromatic rings. The summed E-state index contributed by atoms with van der Waals surface area (Å²) in [7, 11) is 3.22. The second-order valence-corrected chi connectivity index (χ2v) is 9.05. The van der Waals surface area contributed by atoms with Gasteiger partial charge in [-0.25, -0.2) is 4.79 Å². The number of carbonyl (C=O) groups is 2. The van der Waals surface area contributed by atoms with Crippen molar-refractivity contribution in [1.29, 1.82) is 0 Å². The molecule has 0 aliphatic carbocycles. The van der Waals surface area contributed by atoms with Gasteiger partial charge in [-0.2, -0.15) is 0 Å². The summed E-state index contributed by atoms with van der Waals surface area (Å²) >= 11 is 0. The number of nitrogens with zero attached hydrogens (tertiary/aromatic N) is 1. The predicted octanol–water partition coefficient (Wildman–Crippen LogP) is 3.00. The van der Waals surface area contributed by atoms with Crippen LogP contribution < -0.4 is 20.1 Å². The van der Waals surface area contributed by atoms with Crippen molar-refractivity contribution in [2.24, 2.45) is 11.8 Å². The molecule has 29 heavy (non-hydrogen) atoms. The zero-order chi connectivity index (χ0) is 21.8. The smallest absolute Gasteiger partial charge is 0.317 e. The van der Waals surface area contributed by atoms with Gasteiger partial charge in [0.15, 0.2) is 0 Å². The van der Waals surface area contributed by atoms with Crippen molar-refractivity contribution in [2.75, 3.05) is 33.9 Å². The molecule has 1 aliphatic heterocycles. The number of hydrogen-bond acceptors (Lipinski definition) is 4. The maximum Gasteiger partial charge on any atom is 0.317 e. The Kier molecular flexibility index (Phi) is 7.38. The number of likely N-dealkylation sites (tertiary alicyclic amines) is 1. The number of rotatable bonds is 6. The SMILES string of the molecule is COc1ccc(OC)c([C@@H]2CN(C(=O)NC(C)(C)C)C[C@H]2C(=O)NCC(C)C)c1. The number of nitrogens with one attached hydrogen (secondary N) is 2. The Hall–Kier alpha value is -2.44. The monoisotopic (exact) mass is 405 g/mol. The summed E-state index contributed by atoms with van der Waals surface area (Å²) in [5, 5.41) is 6.02. The lowest BCUT2D eigenvalue weighted by Crippen LogP contribution is -2.48. The van der Waals surface area contributed by atoms with Crippen molar-refractivity contribution in [2.45, 2.75) is 46.1 Å². The van der Waals surface area contributed by atoms with E-state index in [9.17, 15) is 9.59 Å². The first-order valence-electron chi connectivity index (χ1n) is 10.1. The molecule has 1 heterocycles. The van der Waals surface area contributed by atoms with Crippen LogP contribution in [0.1, 0.15) is 46.1 Å². The fraction of sp³-hybridized carbons (Fsp3) is 0.636. The fourth-order valence-electron chi connectivity index (χ4n) is 3.52. The summed E-state index contributed by atoms with van der Waals surface area (Å²) in [5.74, 6) is 1.15. The lowest BCUT2D eigenvalue weighted by molar-refractivity contribution is -0.125. The number of ether oxygens (including phenoxy) is 2. The summed E-state index contributed by atoms with van der Waals surface area (Å²) in [6.07, 6.45) is 0. The van der Waals surface area contributed by atoms with Gasteiger partial charge in [-0.05, 0) is 44.9 Å². The first-order chi connectivity index (χ1) is 13.6. The Morgan fingerprint density at radius 3 is 2.41 bits per heavy atom. The molecule has 162 valence electrons. The Balaban J connectivity index is 2.35. The molecule has 0 spiro atoms. The zero-order valence-electron chi connectivity index (χ0n) is 18.7. The van der Waals surface area contributed by atoms with Gasteiger partial charge in [0.1, 0.15) is 11.5 Å². The minimum absolute atomic E-state index is 0.0420. The highest BCUT2D eigenvalue weighted by atomic mass is 16.5. The third-order valence-electron chi connectivity index (χ3n) is 4.95. The maximum absolute atomic E-state index is 13.0. The average molecular weight is 406 g/mol. The van der Waals surface area contributed by atoms with Crippen LogP contribution in [0.25, 0.3) is 0 Å². The summed E-state index contributed by atoms with van der Waals surface area (Å²) in [4.78, 5) is 27.5. The van der Waals surface area contributed by atoms with Gasteiger partial charge < -0.3 is 25.0 Å². The van der Waals surface area contributed by atoms with Gasteiger partial charge in [0.25, 0.3) is 0 Å². The molecule has 0 unspecified atom stereocenters. The zero-order valence-corrected chi connectivity index (χ0v) is 18.7. The Labute approximate surface area is 174 Å². The number of carbonyl (C=O) groups excluding carboxylic acids is 2. The van der Waals surface area contributed by atoms with Gasteiger partial charge in [-0.3, -0.25) is 4.79 Å². The minimum Gasteiger partial charge on any atom is -0.497 e. The van der Waals surface area contributed by atoms with E-state index >= 15 is 0 Å². The van der Waals surface area contributed by atoms with Gasteiger partial charge in [-0.15, -0.1) is 0 Å². The molecule has 1 aromatic carbocycles. The lowest BCUT2D eigenvalue weighted by atomic mass is 9.87. The van der Waals surface area contributed by atoms with Crippen LogP contribution in [0, 0.1) is 11.8 Å². The van der Waals surface area contributed by atoms with E-state index in [4.69, 9.17) is 9.47 Å². The van der Waals surface area contributed by atoms with Gasteiger partial charge in [0, 0.05) is 36.7 Å². The highest BCUT2D eigenvalue weighted by molar-refractivity contribution is 5.83. The molecule has 0 radical (unpaired) electrons.